The van der Waals surface area contributed by atoms with Crippen LogP contribution in [0, 0.1) is 6.92 Å². The van der Waals surface area contributed by atoms with E-state index in [1.54, 1.807) is 0 Å². The third-order valence-electron chi connectivity index (χ3n) is 4.45. The Hall–Kier alpha value is -2.26. The molecule has 0 bridgehead atoms. The quantitative estimate of drug-likeness (QED) is 0.701. The third-order valence-corrected chi connectivity index (χ3v) is 4.69. The molecule has 3 rings (SSSR count). The topological polar surface area (TPSA) is 44.9 Å². The van der Waals surface area contributed by atoms with E-state index in [0.717, 1.165) is 22.0 Å². The molecule has 124 valence electrons. The van der Waals surface area contributed by atoms with Gasteiger partial charge in [-0.15, -0.1) is 0 Å². The Morgan fingerprint density at radius 2 is 1.96 bits per heavy atom. The molecule has 0 radical (unpaired) electrons. The monoisotopic (exact) mass is 340 g/mol. The molecule has 2 aromatic carbocycles. The van der Waals surface area contributed by atoms with Crippen molar-refractivity contribution in [1.29, 1.82) is 0 Å². The first-order chi connectivity index (χ1) is 11.4. The summed E-state index contributed by atoms with van der Waals surface area (Å²) in [5, 5.41) is 4.91. The summed E-state index contributed by atoms with van der Waals surface area (Å²) < 4.78 is 0. The van der Waals surface area contributed by atoms with E-state index >= 15 is 0 Å². The number of hydrogen-bond donors (Lipinski definition) is 2. The molecular formula is C20H21ClN2O. The van der Waals surface area contributed by atoms with E-state index in [0.29, 0.717) is 11.6 Å². The first-order valence-corrected chi connectivity index (χ1v) is 8.37. The number of aromatic nitrogens is 1. The summed E-state index contributed by atoms with van der Waals surface area (Å²) in [5.41, 5.74) is 3.67. The average molecular weight is 341 g/mol. The van der Waals surface area contributed by atoms with Crippen LogP contribution >= 0.6 is 11.6 Å². The van der Waals surface area contributed by atoms with E-state index < -0.39 is 0 Å². The summed E-state index contributed by atoms with van der Waals surface area (Å²) in [6.07, 6.45) is 2.00. The zero-order chi connectivity index (χ0) is 17.3. The Labute approximate surface area is 147 Å². The molecule has 0 saturated heterocycles. The number of hydrogen-bond acceptors (Lipinski definition) is 1. The van der Waals surface area contributed by atoms with Crippen LogP contribution in [0.15, 0.2) is 48.7 Å². The van der Waals surface area contributed by atoms with Crippen molar-refractivity contribution >= 4 is 28.4 Å². The molecule has 0 fully saturated rings. The van der Waals surface area contributed by atoms with Gasteiger partial charge < -0.3 is 10.3 Å². The Balaban J connectivity index is 1.80. The number of carbonyl (C=O) groups is 1. The van der Waals surface area contributed by atoms with Gasteiger partial charge in [0.25, 0.3) is 5.91 Å². The molecule has 2 N–H and O–H groups in total. The summed E-state index contributed by atoms with van der Waals surface area (Å²) in [6, 6.07) is 13.5. The Morgan fingerprint density at radius 3 is 2.71 bits per heavy atom. The third kappa shape index (κ3) is 3.17. The summed E-state index contributed by atoms with van der Waals surface area (Å²) in [4.78, 5) is 15.7. The Bertz CT molecular complexity index is 896. The zero-order valence-electron chi connectivity index (χ0n) is 14.1. The second kappa shape index (κ2) is 6.33. The molecule has 4 heteroatoms. The number of fused-ring (bicyclic) bond motifs is 1. The smallest absolute Gasteiger partial charge is 0.251 e. The van der Waals surface area contributed by atoms with Crippen LogP contribution in [0.5, 0.6) is 0 Å². The maximum Gasteiger partial charge on any atom is 0.251 e. The predicted molar refractivity (Wildman–Crippen MR) is 99.8 cm³/mol. The minimum absolute atomic E-state index is 0.0379. The van der Waals surface area contributed by atoms with Crippen molar-refractivity contribution in [3.8, 4) is 0 Å². The number of aryl methyl sites for hydroxylation is 1. The molecule has 1 aromatic heterocycles. The number of nitrogens with one attached hydrogen (secondary N) is 2. The molecule has 0 aliphatic carbocycles. The second-order valence-corrected chi connectivity index (χ2v) is 7.21. The number of benzene rings is 2. The van der Waals surface area contributed by atoms with Crippen molar-refractivity contribution in [2.24, 2.45) is 0 Å². The lowest BCUT2D eigenvalue weighted by Crippen LogP contribution is -2.36. The maximum absolute atomic E-state index is 12.5. The van der Waals surface area contributed by atoms with Crippen LogP contribution in [0.1, 0.15) is 35.3 Å². The van der Waals surface area contributed by atoms with Crippen LogP contribution in [0.4, 0.5) is 0 Å². The van der Waals surface area contributed by atoms with E-state index in [1.807, 2.05) is 55.6 Å². The molecule has 0 aliphatic rings. The number of halogens is 1. The van der Waals surface area contributed by atoms with Crippen LogP contribution in [0.2, 0.25) is 5.02 Å². The van der Waals surface area contributed by atoms with Gasteiger partial charge in [0.2, 0.25) is 0 Å². The molecular weight excluding hydrogens is 320 g/mol. The van der Waals surface area contributed by atoms with Gasteiger partial charge >= 0.3 is 0 Å². The molecule has 24 heavy (non-hydrogen) atoms. The Morgan fingerprint density at radius 1 is 1.21 bits per heavy atom. The number of aromatic amines is 1. The standard InChI is InChI=1S/C20H21ClN2O/c1-13-6-4-5-7-15(13)19(24)23-12-20(2,3)17-11-22-18-10-14(21)8-9-16(17)18/h4-11,22H,12H2,1-3H3,(H,23,24). The minimum Gasteiger partial charge on any atom is -0.361 e. The van der Waals surface area contributed by atoms with E-state index in [4.69, 9.17) is 11.6 Å². The SMILES string of the molecule is Cc1ccccc1C(=O)NCC(C)(C)c1c[nH]c2cc(Cl)ccc12. The van der Waals surface area contributed by atoms with Gasteiger partial charge in [0.1, 0.15) is 0 Å². The highest BCUT2D eigenvalue weighted by Crippen LogP contribution is 2.31. The number of carbonyl (C=O) groups excluding carboxylic acids is 1. The van der Waals surface area contributed by atoms with Crippen molar-refractivity contribution in [3.63, 3.8) is 0 Å². The highest BCUT2D eigenvalue weighted by atomic mass is 35.5. The first-order valence-electron chi connectivity index (χ1n) is 7.99. The van der Waals surface area contributed by atoms with Crippen LogP contribution in [0.3, 0.4) is 0 Å². The lowest BCUT2D eigenvalue weighted by Gasteiger charge is -2.25. The molecule has 0 saturated carbocycles. The highest BCUT2D eigenvalue weighted by molar-refractivity contribution is 6.31. The van der Waals surface area contributed by atoms with E-state index in [1.165, 1.54) is 5.56 Å². The molecule has 3 aromatic rings. The van der Waals surface area contributed by atoms with Crippen molar-refractivity contribution in [2.75, 3.05) is 6.54 Å². The zero-order valence-corrected chi connectivity index (χ0v) is 14.9. The fourth-order valence-electron chi connectivity index (χ4n) is 2.98. The molecule has 0 spiro atoms. The van der Waals surface area contributed by atoms with Crippen LogP contribution in [-0.4, -0.2) is 17.4 Å². The summed E-state index contributed by atoms with van der Waals surface area (Å²) >= 11 is 6.05. The largest absolute Gasteiger partial charge is 0.361 e. The number of rotatable bonds is 4. The first kappa shape index (κ1) is 16.6. The lowest BCUT2D eigenvalue weighted by atomic mass is 9.84. The number of amides is 1. The van der Waals surface area contributed by atoms with Gasteiger partial charge in [0, 0.05) is 39.6 Å². The molecule has 0 unspecified atom stereocenters. The average Bonchev–Trinajstić information content (AvgIpc) is 2.97. The van der Waals surface area contributed by atoms with Crippen LogP contribution < -0.4 is 5.32 Å². The molecule has 0 aliphatic heterocycles. The fourth-order valence-corrected chi connectivity index (χ4v) is 3.15. The normalized spacial score (nSPS) is 11.7. The van der Waals surface area contributed by atoms with E-state index in [9.17, 15) is 4.79 Å². The Kier molecular flexibility index (Phi) is 4.37. The van der Waals surface area contributed by atoms with E-state index in [2.05, 4.69) is 24.1 Å². The van der Waals surface area contributed by atoms with Gasteiger partial charge in [-0.3, -0.25) is 4.79 Å². The van der Waals surface area contributed by atoms with Crippen molar-refractivity contribution in [1.82, 2.24) is 10.3 Å². The van der Waals surface area contributed by atoms with E-state index in [-0.39, 0.29) is 11.3 Å². The summed E-state index contributed by atoms with van der Waals surface area (Å²) in [6.45, 7) is 6.75. The fraction of sp³-hybridized carbons (Fsp3) is 0.250. The summed E-state index contributed by atoms with van der Waals surface area (Å²) in [5.74, 6) is -0.0379. The van der Waals surface area contributed by atoms with Gasteiger partial charge in [-0.2, -0.15) is 0 Å². The van der Waals surface area contributed by atoms with Crippen molar-refractivity contribution in [3.05, 3.63) is 70.4 Å². The van der Waals surface area contributed by atoms with Gasteiger partial charge in [-0.25, -0.2) is 0 Å². The lowest BCUT2D eigenvalue weighted by molar-refractivity contribution is 0.0945. The van der Waals surface area contributed by atoms with Crippen molar-refractivity contribution in [2.45, 2.75) is 26.2 Å². The number of H-pyrrole nitrogens is 1. The van der Waals surface area contributed by atoms with Crippen molar-refractivity contribution < 1.29 is 4.79 Å². The van der Waals surface area contributed by atoms with Gasteiger partial charge in [0.05, 0.1) is 0 Å². The van der Waals surface area contributed by atoms with Crippen LogP contribution in [-0.2, 0) is 5.41 Å². The molecule has 3 nitrogen and oxygen atoms in total. The molecule has 1 heterocycles. The molecule has 1 amide bonds. The maximum atomic E-state index is 12.5. The minimum atomic E-state index is -0.204. The highest BCUT2D eigenvalue weighted by Gasteiger charge is 2.25. The molecule has 0 atom stereocenters. The summed E-state index contributed by atoms with van der Waals surface area (Å²) in [7, 11) is 0. The van der Waals surface area contributed by atoms with Crippen LogP contribution in [0.25, 0.3) is 10.9 Å². The van der Waals surface area contributed by atoms with Gasteiger partial charge in [-0.05, 0) is 36.2 Å². The second-order valence-electron chi connectivity index (χ2n) is 6.77. The predicted octanol–water partition coefficient (Wildman–Crippen LogP) is 4.84. The van der Waals surface area contributed by atoms with Gasteiger partial charge in [0.15, 0.2) is 0 Å². The van der Waals surface area contributed by atoms with Gasteiger partial charge in [-0.1, -0.05) is 49.7 Å².